The van der Waals surface area contributed by atoms with Gasteiger partial charge in [-0.2, -0.15) is 0 Å². The molecule has 1 saturated carbocycles. The van der Waals surface area contributed by atoms with E-state index in [0.29, 0.717) is 6.42 Å². The summed E-state index contributed by atoms with van der Waals surface area (Å²) in [6.45, 7) is 1.52. The Morgan fingerprint density at radius 1 is 1.25 bits per heavy atom. The van der Waals surface area contributed by atoms with E-state index < -0.39 is 11.9 Å². The van der Waals surface area contributed by atoms with Gasteiger partial charge < -0.3 is 15.0 Å². The first-order valence-corrected chi connectivity index (χ1v) is 8.26. The summed E-state index contributed by atoms with van der Waals surface area (Å²) in [5.74, 6) is -1.39. The Bertz CT molecular complexity index is 584. The van der Waals surface area contributed by atoms with Crippen molar-refractivity contribution in [3.63, 3.8) is 0 Å². The van der Waals surface area contributed by atoms with E-state index in [1.165, 1.54) is 11.9 Å². The van der Waals surface area contributed by atoms with Gasteiger partial charge in [-0.3, -0.25) is 14.4 Å². The van der Waals surface area contributed by atoms with Crippen molar-refractivity contribution in [1.82, 2.24) is 10.2 Å². The van der Waals surface area contributed by atoms with Crippen molar-refractivity contribution < 1.29 is 19.1 Å². The molecule has 1 aromatic rings. The average molecular weight is 332 g/mol. The third-order valence-electron chi connectivity index (χ3n) is 3.98. The summed E-state index contributed by atoms with van der Waals surface area (Å²) in [6, 6.07) is 9.60. The van der Waals surface area contributed by atoms with Crippen LogP contribution in [-0.4, -0.2) is 48.9 Å². The number of ether oxygens (including phenoxy) is 1. The van der Waals surface area contributed by atoms with Gasteiger partial charge in [0.15, 0.2) is 6.61 Å². The van der Waals surface area contributed by atoms with Crippen LogP contribution in [0.1, 0.15) is 37.7 Å². The molecule has 0 unspecified atom stereocenters. The second-order valence-electron chi connectivity index (χ2n) is 6.07. The fraction of sp³-hybridized carbons (Fsp3) is 0.500. The average Bonchev–Trinajstić information content (AvgIpc) is 3.38. The minimum Gasteiger partial charge on any atom is -0.455 e. The van der Waals surface area contributed by atoms with Gasteiger partial charge in [0.1, 0.15) is 0 Å². The molecule has 24 heavy (non-hydrogen) atoms. The largest absolute Gasteiger partial charge is 0.455 e. The summed E-state index contributed by atoms with van der Waals surface area (Å²) in [5, 5.41) is 2.81. The first kappa shape index (κ1) is 18.0. The number of amides is 2. The smallest absolute Gasteiger partial charge is 0.313 e. The second-order valence-corrected chi connectivity index (χ2v) is 6.07. The fourth-order valence-corrected chi connectivity index (χ4v) is 2.37. The molecule has 6 heteroatoms. The van der Waals surface area contributed by atoms with Crippen LogP contribution in [0.3, 0.4) is 0 Å². The first-order valence-electron chi connectivity index (χ1n) is 8.26. The molecule has 6 nitrogen and oxygen atoms in total. The standard InChI is InChI=1S/C18H24N2O4/c1-3-15(13-7-5-4-6-8-13)18(23)24-12-17(22)20(2)11-16(21)19-14-9-10-14/h4-8,14-15H,3,9-12H2,1-2H3,(H,19,21)/t15-/m1/s1. The lowest BCUT2D eigenvalue weighted by Gasteiger charge is -2.18. The van der Waals surface area contributed by atoms with Crippen LogP contribution in [0.25, 0.3) is 0 Å². The molecule has 1 aromatic carbocycles. The summed E-state index contributed by atoms with van der Waals surface area (Å²) in [5.41, 5.74) is 0.870. The van der Waals surface area contributed by atoms with Crippen molar-refractivity contribution >= 4 is 17.8 Å². The van der Waals surface area contributed by atoms with Crippen molar-refractivity contribution in [2.45, 2.75) is 38.1 Å². The maximum Gasteiger partial charge on any atom is 0.313 e. The summed E-state index contributed by atoms with van der Waals surface area (Å²) < 4.78 is 5.15. The van der Waals surface area contributed by atoms with Gasteiger partial charge in [0.05, 0.1) is 12.5 Å². The molecule has 2 amide bonds. The second kappa shape index (κ2) is 8.47. The zero-order valence-electron chi connectivity index (χ0n) is 14.2. The van der Waals surface area contributed by atoms with Crippen LogP contribution >= 0.6 is 0 Å². The van der Waals surface area contributed by atoms with E-state index >= 15 is 0 Å². The number of benzene rings is 1. The minimum atomic E-state index is -0.423. The molecule has 2 rings (SSSR count). The molecule has 130 valence electrons. The highest BCUT2D eigenvalue weighted by molar-refractivity contribution is 5.87. The predicted octanol–water partition coefficient (Wildman–Crippen LogP) is 1.46. The third kappa shape index (κ3) is 5.37. The van der Waals surface area contributed by atoms with Crippen molar-refractivity contribution in [1.29, 1.82) is 0 Å². The summed E-state index contributed by atoms with van der Waals surface area (Å²) in [4.78, 5) is 37.2. The van der Waals surface area contributed by atoms with E-state index in [-0.39, 0.29) is 31.0 Å². The molecule has 1 N–H and O–H groups in total. The lowest BCUT2D eigenvalue weighted by molar-refractivity contribution is -0.153. The van der Waals surface area contributed by atoms with Crippen LogP contribution in [0.4, 0.5) is 0 Å². The molecule has 1 fully saturated rings. The predicted molar refractivity (Wildman–Crippen MR) is 89.2 cm³/mol. The summed E-state index contributed by atoms with van der Waals surface area (Å²) in [7, 11) is 1.52. The molecular weight excluding hydrogens is 308 g/mol. The number of rotatable bonds is 8. The quantitative estimate of drug-likeness (QED) is 0.731. The molecule has 0 aromatic heterocycles. The Morgan fingerprint density at radius 3 is 2.50 bits per heavy atom. The van der Waals surface area contributed by atoms with Crippen LogP contribution in [0, 0.1) is 0 Å². The van der Waals surface area contributed by atoms with Gasteiger partial charge in [-0.05, 0) is 24.8 Å². The Labute approximate surface area is 142 Å². The molecular formula is C18H24N2O4. The molecule has 0 radical (unpaired) electrons. The lowest BCUT2D eigenvalue weighted by atomic mass is 9.97. The van der Waals surface area contributed by atoms with Gasteiger partial charge in [0.25, 0.3) is 5.91 Å². The van der Waals surface area contributed by atoms with Crippen LogP contribution < -0.4 is 5.32 Å². The van der Waals surface area contributed by atoms with E-state index in [0.717, 1.165) is 18.4 Å². The highest BCUT2D eigenvalue weighted by atomic mass is 16.5. The van der Waals surface area contributed by atoms with E-state index in [4.69, 9.17) is 4.74 Å². The van der Waals surface area contributed by atoms with E-state index in [9.17, 15) is 14.4 Å². The van der Waals surface area contributed by atoms with E-state index in [2.05, 4.69) is 5.32 Å². The van der Waals surface area contributed by atoms with Crippen LogP contribution in [0.15, 0.2) is 30.3 Å². The zero-order chi connectivity index (χ0) is 17.5. The molecule has 0 bridgehead atoms. The van der Waals surface area contributed by atoms with Crippen LogP contribution in [0.5, 0.6) is 0 Å². The van der Waals surface area contributed by atoms with Gasteiger partial charge in [-0.15, -0.1) is 0 Å². The number of carbonyl (C=O) groups excluding carboxylic acids is 3. The normalized spacial score (nSPS) is 14.6. The van der Waals surface area contributed by atoms with Crippen molar-refractivity contribution in [3.8, 4) is 0 Å². The maximum atomic E-state index is 12.2. The van der Waals surface area contributed by atoms with Gasteiger partial charge >= 0.3 is 5.97 Å². The SMILES string of the molecule is CC[C@@H](C(=O)OCC(=O)N(C)CC(=O)NC1CC1)c1ccccc1. The maximum absolute atomic E-state index is 12.2. The topological polar surface area (TPSA) is 75.7 Å². The van der Waals surface area contributed by atoms with Crippen molar-refractivity contribution in [2.75, 3.05) is 20.2 Å². The van der Waals surface area contributed by atoms with Crippen molar-refractivity contribution in [2.24, 2.45) is 0 Å². The summed E-state index contributed by atoms with van der Waals surface area (Å²) >= 11 is 0. The van der Waals surface area contributed by atoms with Gasteiger partial charge in [-0.25, -0.2) is 0 Å². The highest BCUT2D eigenvalue weighted by Gasteiger charge is 2.25. The Balaban J connectivity index is 1.78. The summed E-state index contributed by atoms with van der Waals surface area (Å²) in [6.07, 6.45) is 2.59. The van der Waals surface area contributed by atoms with E-state index in [1.807, 2.05) is 37.3 Å². The minimum absolute atomic E-state index is 0.0250. The number of likely N-dealkylation sites (N-methyl/N-ethyl adjacent to an activating group) is 1. The highest BCUT2D eigenvalue weighted by Crippen LogP contribution is 2.20. The van der Waals surface area contributed by atoms with Gasteiger partial charge in [0, 0.05) is 13.1 Å². The number of nitrogens with zero attached hydrogens (tertiary/aromatic N) is 1. The molecule has 1 atom stereocenters. The molecule has 0 aliphatic heterocycles. The Morgan fingerprint density at radius 2 is 1.92 bits per heavy atom. The van der Waals surface area contributed by atoms with Crippen molar-refractivity contribution in [3.05, 3.63) is 35.9 Å². The molecule has 0 heterocycles. The number of nitrogens with one attached hydrogen (secondary N) is 1. The Kier molecular flexibility index (Phi) is 6.35. The fourth-order valence-electron chi connectivity index (χ4n) is 2.37. The third-order valence-corrected chi connectivity index (χ3v) is 3.98. The molecule has 0 spiro atoms. The van der Waals surface area contributed by atoms with Gasteiger partial charge in [-0.1, -0.05) is 37.3 Å². The molecule has 1 aliphatic rings. The number of esters is 1. The lowest BCUT2D eigenvalue weighted by Crippen LogP contribution is -2.41. The zero-order valence-corrected chi connectivity index (χ0v) is 14.2. The first-order chi connectivity index (χ1) is 11.5. The number of hydrogen-bond donors (Lipinski definition) is 1. The monoisotopic (exact) mass is 332 g/mol. The van der Waals surface area contributed by atoms with Crippen LogP contribution in [-0.2, 0) is 19.1 Å². The van der Waals surface area contributed by atoms with Gasteiger partial charge in [0.2, 0.25) is 5.91 Å². The number of carbonyl (C=O) groups is 3. The van der Waals surface area contributed by atoms with Crippen LogP contribution in [0.2, 0.25) is 0 Å². The molecule has 0 saturated heterocycles. The Hall–Kier alpha value is -2.37. The molecule has 1 aliphatic carbocycles. The number of hydrogen-bond acceptors (Lipinski definition) is 4. The van der Waals surface area contributed by atoms with E-state index in [1.54, 1.807) is 0 Å².